The smallest absolute Gasteiger partial charge is 0.133 e. The Balaban J connectivity index is 2.27. The van der Waals surface area contributed by atoms with Gasteiger partial charge in [-0.15, -0.1) is 0 Å². The third kappa shape index (κ3) is 2.68. The van der Waals surface area contributed by atoms with Crippen molar-refractivity contribution in [1.82, 2.24) is 4.98 Å². The molecule has 1 aromatic carbocycles. The molecule has 0 aliphatic rings. The summed E-state index contributed by atoms with van der Waals surface area (Å²) in [6, 6.07) is 3.84. The number of pyridine rings is 1. The average Bonchev–Trinajstić information content (AvgIpc) is 2.28. The molecule has 0 spiro atoms. The van der Waals surface area contributed by atoms with Crippen molar-refractivity contribution in [2.75, 3.05) is 0 Å². The van der Waals surface area contributed by atoms with Gasteiger partial charge < -0.3 is 5.73 Å². The van der Waals surface area contributed by atoms with Crippen LogP contribution in [0, 0.1) is 17.5 Å². The lowest BCUT2D eigenvalue weighted by Gasteiger charge is -2.14. The molecule has 2 rings (SSSR count). The van der Waals surface area contributed by atoms with E-state index in [2.05, 4.69) is 4.98 Å². The Kier molecular flexibility index (Phi) is 3.62. The Bertz CT molecular complexity index is 520. The van der Waals surface area contributed by atoms with E-state index < -0.39 is 23.5 Å². The molecule has 0 fully saturated rings. The molecule has 1 heterocycles. The first-order valence-corrected chi connectivity index (χ1v) is 5.37. The predicted molar refractivity (Wildman–Crippen MR) is 61.2 cm³/mol. The van der Waals surface area contributed by atoms with E-state index in [0.29, 0.717) is 12.1 Å². The maximum absolute atomic E-state index is 13.5. The molecule has 0 aliphatic carbocycles. The Morgan fingerprint density at radius 2 is 1.83 bits per heavy atom. The van der Waals surface area contributed by atoms with Crippen molar-refractivity contribution in [2.24, 2.45) is 5.73 Å². The van der Waals surface area contributed by atoms with Crippen LogP contribution < -0.4 is 5.73 Å². The fourth-order valence-electron chi connectivity index (χ4n) is 1.78. The second kappa shape index (κ2) is 5.18. The van der Waals surface area contributed by atoms with Gasteiger partial charge in [-0.2, -0.15) is 0 Å². The van der Waals surface area contributed by atoms with Gasteiger partial charge in [0.25, 0.3) is 0 Å². The molecule has 5 heteroatoms. The van der Waals surface area contributed by atoms with Gasteiger partial charge in [-0.1, -0.05) is 6.07 Å². The topological polar surface area (TPSA) is 38.9 Å². The summed E-state index contributed by atoms with van der Waals surface area (Å²) in [7, 11) is 0. The van der Waals surface area contributed by atoms with Crippen LogP contribution in [0.1, 0.15) is 17.2 Å². The number of halogens is 3. The van der Waals surface area contributed by atoms with Gasteiger partial charge in [-0.3, -0.25) is 4.98 Å². The molecule has 0 saturated heterocycles. The van der Waals surface area contributed by atoms with Crippen molar-refractivity contribution >= 4 is 0 Å². The van der Waals surface area contributed by atoms with Crippen molar-refractivity contribution in [3.8, 4) is 0 Å². The standard InChI is InChI=1S/C13H11F3N2/c14-9-5-10(15)13(11(16)6-9)12(17)4-8-2-1-3-18-7-8/h1-3,5-7,12H,4,17H2. The molecule has 0 bridgehead atoms. The third-order valence-electron chi connectivity index (χ3n) is 2.59. The summed E-state index contributed by atoms with van der Waals surface area (Å²) in [5.41, 5.74) is 6.20. The average molecular weight is 252 g/mol. The molecule has 2 nitrogen and oxygen atoms in total. The van der Waals surface area contributed by atoms with Crippen LogP contribution in [0.4, 0.5) is 13.2 Å². The molecule has 94 valence electrons. The summed E-state index contributed by atoms with van der Waals surface area (Å²) in [5.74, 6) is -2.89. The minimum atomic E-state index is -0.969. The fourth-order valence-corrected chi connectivity index (χ4v) is 1.78. The van der Waals surface area contributed by atoms with Crippen LogP contribution >= 0.6 is 0 Å². The SMILES string of the molecule is NC(Cc1cccnc1)c1c(F)cc(F)cc1F. The van der Waals surface area contributed by atoms with Gasteiger partial charge in [0.1, 0.15) is 17.5 Å². The summed E-state index contributed by atoms with van der Waals surface area (Å²) < 4.78 is 39.7. The van der Waals surface area contributed by atoms with Gasteiger partial charge in [-0.05, 0) is 18.1 Å². The number of aromatic nitrogens is 1. The molecular formula is C13H11F3N2. The molecule has 2 aromatic rings. The van der Waals surface area contributed by atoms with E-state index in [1.54, 1.807) is 24.5 Å². The monoisotopic (exact) mass is 252 g/mol. The molecule has 0 aliphatic heterocycles. The number of hydrogen-bond donors (Lipinski definition) is 1. The number of rotatable bonds is 3. The van der Waals surface area contributed by atoms with E-state index in [9.17, 15) is 13.2 Å². The second-order valence-electron chi connectivity index (χ2n) is 3.96. The molecule has 0 saturated carbocycles. The van der Waals surface area contributed by atoms with Crippen LogP contribution in [-0.2, 0) is 6.42 Å². The minimum Gasteiger partial charge on any atom is -0.323 e. The van der Waals surface area contributed by atoms with E-state index >= 15 is 0 Å². The zero-order valence-corrected chi connectivity index (χ0v) is 9.41. The number of nitrogens with zero attached hydrogens (tertiary/aromatic N) is 1. The summed E-state index contributed by atoms with van der Waals surface area (Å²) in [5, 5.41) is 0. The zero-order valence-electron chi connectivity index (χ0n) is 9.41. The van der Waals surface area contributed by atoms with Gasteiger partial charge in [0.15, 0.2) is 0 Å². The number of nitrogens with two attached hydrogens (primary N) is 1. The highest BCUT2D eigenvalue weighted by molar-refractivity contribution is 5.26. The Labute approximate surface area is 102 Å². The van der Waals surface area contributed by atoms with Gasteiger partial charge >= 0.3 is 0 Å². The van der Waals surface area contributed by atoms with E-state index in [-0.39, 0.29) is 12.0 Å². The Morgan fingerprint density at radius 1 is 1.17 bits per heavy atom. The van der Waals surface area contributed by atoms with Crippen molar-refractivity contribution in [1.29, 1.82) is 0 Å². The molecular weight excluding hydrogens is 241 g/mol. The lowest BCUT2D eigenvalue weighted by Crippen LogP contribution is -2.17. The third-order valence-corrected chi connectivity index (χ3v) is 2.59. The summed E-state index contributed by atoms with van der Waals surface area (Å²) in [6.45, 7) is 0. The van der Waals surface area contributed by atoms with Gasteiger partial charge in [-0.25, -0.2) is 13.2 Å². The molecule has 18 heavy (non-hydrogen) atoms. The van der Waals surface area contributed by atoms with Crippen molar-refractivity contribution in [3.05, 3.63) is 65.2 Å². The van der Waals surface area contributed by atoms with Crippen LogP contribution in [0.2, 0.25) is 0 Å². The van der Waals surface area contributed by atoms with E-state index in [1.165, 1.54) is 0 Å². The van der Waals surface area contributed by atoms with Crippen LogP contribution in [-0.4, -0.2) is 4.98 Å². The first kappa shape index (κ1) is 12.6. The number of benzene rings is 1. The molecule has 1 atom stereocenters. The zero-order chi connectivity index (χ0) is 13.1. The summed E-state index contributed by atoms with van der Waals surface area (Å²) in [4.78, 5) is 3.89. The largest absolute Gasteiger partial charge is 0.323 e. The van der Waals surface area contributed by atoms with Crippen LogP contribution in [0.3, 0.4) is 0 Å². The first-order chi connectivity index (χ1) is 8.58. The minimum absolute atomic E-state index is 0.229. The highest BCUT2D eigenvalue weighted by atomic mass is 19.1. The van der Waals surface area contributed by atoms with E-state index in [0.717, 1.165) is 5.56 Å². The van der Waals surface area contributed by atoms with E-state index in [4.69, 9.17) is 5.73 Å². The number of hydrogen-bond acceptors (Lipinski definition) is 2. The van der Waals surface area contributed by atoms with E-state index in [1.807, 2.05) is 0 Å². The second-order valence-corrected chi connectivity index (χ2v) is 3.96. The molecule has 2 N–H and O–H groups in total. The molecule has 0 radical (unpaired) electrons. The fraction of sp³-hybridized carbons (Fsp3) is 0.154. The van der Waals surface area contributed by atoms with Gasteiger partial charge in [0.05, 0.1) is 0 Å². The molecule has 0 amide bonds. The predicted octanol–water partition coefficient (Wildman–Crippen LogP) is 2.74. The van der Waals surface area contributed by atoms with Crippen LogP contribution in [0.25, 0.3) is 0 Å². The quantitative estimate of drug-likeness (QED) is 0.912. The first-order valence-electron chi connectivity index (χ1n) is 5.37. The summed E-state index contributed by atoms with van der Waals surface area (Å²) in [6.07, 6.45) is 3.39. The van der Waals surface area contributed by atoms with Crippen LogP contribution in [0.15, 0.2) is 36.7 Å². The Hall–Kier alpha value is -1.88. The maximum atomic E-state index is 13.5. The lowest BCUT2D eigenvalue weighted by atomic mass is 9.99. The highest BCUT2D eigenvalue weighted by Crippen LogP contribution is 2.23. The van der Waals surface area contributed by atoms with Crippen molar-refractivity contribution < 1.29 is 13.2 Å². The highest BCUT2D eigenvalue weighted by Gasteiger charge is 2.18. The van der Waals surface area contributed by atoms with Crippen molar-refractivity contribution in [2.45, 2.75) is 12.5 Å². The molecule has 1 unspecified atom stereocenters. The summed E-state index contributed by atoms with van der Waals surface area (Å²) >= 11 is 0. The lowest BCUT2D eigenvalue weighted by molar-refractivity contribution is 0.501. The van der Waals surface area contributed by atoms with Gasteiger partial charge in [0, 0.05) is 36.1 Å². The van der Waals surface area contributed by atoms with Gasteiger partial charge in [0.2, 0.25) is 0 Å². The normalized spacial score (nSPS) is 12.4. The molecule has 1 aromatic heterocycles. The van der Waals surface area contributed by atoms with Crippen molar-refractivity contribution in [3.63, 3.8) is 0 Å². The Morgan fingerprint density at radius 3 is 2.39 bits per heavy atom. The maximum Gasteiger partial charge on any atom is 0.133 e. The van der Waals surface area contributed by atoms with Crippen LogP contribution in [0.5, 0.6) is 0 Å².